The Labute approximate surface area is 116 Å². The molecule has 0 aromatic heterocycles. The topological polar surface area (TPSA) is 53.2 Å². The number of aryl methyl sites for hydroxylation is 1. The Morgan fingerprint density at radius 1 is 1.21 bits per heavy atom. The molecule has 0 saturated carbocycles. The summed E-state index contributed by atoms with van der Waals surface area (Å²) in [5.41, 5.74) is 1.92. The number of nitrogens with zero attached hydrogens (tertiary/aromatic N) is 1. The van der Waals surface area contributed by atoms with Gasteiger partial charge in [-0.2, -0.15) is 5.26 Å². The fraction of sp³-hybridized carbons (Fsp3) is 0.133. The van der Waals surface area contributed by atoms with Gasteiger partial charge in [0.05, 0.1) is 18.2 Å². The normalized spacial score (nSPS) is 10.0. The molecule has 4 heteroatoms. The first-order chi connectivity index (χ1) is 9.13. The highest BCUT2D eigenvalue weighted by Crippen LogP contribution is 2.27. The zero-order chi connectivity index (χ0) is 13.8. The quantitative estimate of drug-likeness (QED) is 0.925. The summed E-state index contributed by atoms with van der Waals surface area (Å²) >= 11 is 5.94. The first kappa shape index (κ1) is 13.4. The molecular formula is C15H12ClNO2. The SMILES string of the molecule is Cc1cc(Oc2ccc(CO)c(C#N)c2)ccc1Cl. The molecule has 0 amide bonds. The lowest BCUT2D eigenvalue weighted by Crippen LogP contribution is -1.91. The van der Waals surface area contributed by atoms with Crippen LogP contribution in [0.3, 0.4) is 0 Å². The number of rotatable bonds is 3. The second kappa shape index (κ2) is 5.75. The van der Waals surface area contributed by atoms with Crippen LogP contribution in [0.25, 0.3) is 0 Å². The van der Waals surface area contributed by atoms with Gasteiger partial charge >= 0.3 is 0 Å². The molecule has 0 aliphatic heterocycles. The third kappa shape index (κ3) is 3.05. The predicted molar refractivity (Wildman–Crippen MR) is 73.3 cm³/mol. The lowest BCUT2D eigenvalue weighted by molar-refractivity contribution is 0.281. The monoisotopic (exact) mass is 273 g/mol. The van der Waals surface area contributed by atoms with Gasteiger partial charge in [0, 0.05) is 5.02 Å². The van der Waals surface area contributed by atoms with Crippen molar-refractivity contribution in [3.63, 3.8) is 0 Å². The Morgan fingerprint density at radius 2 is 1.89 bits per heavy atom. The molecule has 0 radical (unpaired) electrons. The number of halogens is 1. The zero-order valence-corrected chi connectivity index (χ0v) is 11.1. The van der Waals surface area contributed by atoms with E-state index in [0.29, 0.717) is 27.6 Å². The molecule has 96 valence electrons. The fourth-order valence-corrected chi connectivity index (χ4v) is 1.80. The summed E-state index contributed by atoms with van der Waals surface area (Å²) < 4.78 is 5.66. The largest absolute Gasteiger partial charge is 0.457 e. The molecule has 0 fully saturated rings. The molecular weight excluding hydrogens is 262 g/mol. The highest BCUT2D eigenvalue weighted by molar-refractivity contribution is 6.31. The summed E-state index contributed by atoms with van der Waals surface area (Å²) in [6.07, 6.45) is 0. The molecule has 0 atom stereocenters. The first-order valence-corrected chi connectivity index (χ1v) is 6.09. The Balaban J connectivity index is 2.28. The van der Waals surface area contributed by atoms with E-state index in [9.17, 15) is 0 Å². The summed E-state index contributed by atoms with van der Waals surface area (Å²) in [5.74, 6) is 1.21. The number of benzene rings is 2. The number of nitriles is 1. The van der Waals surface area contributed by atoms with Crippen molar-refractivity contribution in [2.45, 2.75) is 13.5 Å². The lowest BCUT2D eigenvalue weighted by atomic mass is 10.1. The molecule has 3 nitrogen and oxygen atoms in total. The standard InChI is InChI=1S/C15H12ClNO2/c1-10-6-13(4-5-15(10)16)19-14-3-2-11(9-18)12(7-14)8-17/h2-7,18H,9H2,1H3. The van der Waals surface area contributed by atoms with Crippen LogP contribution in [0.1, 0.15) is 16.7 Å². The first-order valence-electron chi connectivity index (χ1n) is 5.72. The Kier molecular flexibility index (Phi) is 4.06. The minimum atomic E-state index is -0.163. The van der Waals surface area contributed by atoms with E-state index in [1.165, 1.54) is 0 Å². The van der Waals surface area contributed by atoms with Crippen LogP contribution in [0.15, 0.2) is 36.4 Å². The van der Waals surface area contributed by atoms with Crippen molar-refractivity contribution in [3.8, 4) is 17.6 Å². The molecule has 0 unspecified atom stereocenters. The van der Waals surface area contributed by atoms with Crippen molar-refractivity contribution in [1.82, 2.24) is 0 Å². The summed E-state index contributed by atoms with van der Waals surface area (Å²) in [7, 11) is 0. The van der Waals surface area contributed by atoms with Crippen molar-refractivity contribution in [1.29, 1.82) is 5.26 Å². The molecule has 0 bridgehead atoms. The van der Waals surface area contributed by atoms with Gasteiger partial charge in [-0.1, -0.05) is 17.7 Å². The molecule has 19 heavy (non-hydrogen) atoms. The van der Waals surface area contributed by atoms with Gasteiger partial charge < -0.3 is 9.84 Å². The van der Waals surface area contributed by atoms with E-state index in [-0.39, 0.29) is 6.61 Å². The van der Waals surface area contributed by atoms with E-state index in [0.717, 1.165) is 5.56 Å². The van der Waals surface area contributed by atoms with E-state index in [2.05, 4.69) is 0 Å². The summed E-state index contributed by atoms with van der Waals surface area (Å²) in [6.45, 7) is 1.73. The van der Waals surface area contributed by atoms with Crippen molar-refractivity contribution in [2.75, 3.05) is 0 Å². The van der Waals surface area contributed by atoms with Gasteiger partial charge in [-0.05, 0) is 48.4 Å². The maximum Gasteiger partial charge on any atom is 0.128 e. The van der Waals surface area contributed by atoms with E-state index >= 15 is 0 Å². The lowest BCUT2D eigenvalue weighted by Gasteiger charge is -2.09. The molecule has 2 rings (SSSR count). The summed E-state index contributed by atoms with van der Waals surface area (Å²) in [6, 6.07) is 12.4. The van der Waals surface area contributed by atoms with Crippen LogP contribution in [-0.2, 0) is 6.61 Å². The number of hydrogen-bond acceptors (Lipinski definition) is 3. The predicted octanol–water partition coefficient (Wildman–Crippen LogP) is 3.80. The van der Waals surface area contributed by atoms with Gasteiger partial charge in [0.25, 0.3) is 0 Å². The van der Waals surface area contributed by atoms with Crippen LogP contribution in [0.2, 0.25) is 5.02 Å². The van der Waals surface area contributed by atoms with Crippen LogP contribution < -0.4 is 4.74 Å². The van der Waals surface area contributed by atoms with Gasteiger partial charge in [-0.3, -0.25) is 0 Å². The second-order valence-electron chi connectivity index (χ2n) is 4.10. The van der Waals surface area contributed by atoms with Crippen LogP contribution in [0.5, 0.6) is 11.5 Å². The van der Waals surface area contributed by atoms with Gasteiger partial charge in [0.15, 0.2) is 0 Å². The van der Waals surface area contributed by atoms with Crippen LogP contribution in [0.4, 0.5) is 0 Å². The highest BCUT2D eigenvalue weighted by Gasteiger charge is 2.05. The van der Waals surface area contributed by atoms with E-state index in [1.807, 2.05) is 19.1 Å². The Bertz CT molecular complexity index is 647. The van der Waals surface area contributed by atoms with Crippen molar-refractivity contribution in [3.05, 3.63) is 58.1 Å². The molecule has 0 saturated heterocycles. The summed E-state index contributed by atoms with van der Waals surface area (Å²) in [5, 5.41) is 18.8. The molecule has 0 aliphatic carbocycles. The van der Waals surface area contributed by atoms with E-state index < -0.39 is 0 Å². The number of hydrogen-bond donors (Lipinski definition) is 1. The molecule has 0 heterocycles. The molecule has 0 aliphatic rings. The highest BCUT2D eigenvalue weighted by atomic mass is 35.5. The van der Waals surface area contributed by atoms with Crippen molar-refractivity contribution < 1.29 is 9.84 Å². The van der Waals surface area contributed by atoms with Crippen LogP contribution >= 0.6 is 11.6 Å². The number of ether oxygens (including phenoxy) is 1. The second-order valence-corrected chi connectivity index (χ2v) is 4.51. The number of aliphatic hydroxyl groups excluding tert-OH is 1. The van der Waals surface area contributed by atoms with Gasteiger partial charge in [-0.15, -0.1) is 0 Å². The van der Waals surface area contributed by atoms with Crippen LogP contribution in [-0.4, -0.2) is 5.11 Å². The van der Waals surface area contributed by atoms with Crippen LogP contribution in [0, 0.1) is 18.3 Å². The maximum absolute atomic E-state index is 9.09. The Morgan fingerprint density at radius 3 is 2.53 bits per heavy atom. The minimum absolute atomic E-state index is 0.163. The average molecular weight is 274 g/mol. The maximum atomic E-state index is 9.09. The van der Waals surface area contributed by atoms with Gasteiger partial charge in [-0.25, -0.2) is 0 Å². The molecule has 0 spiro atoms. The van der Waals surface area contributed by atoms with Crippen molar-refractivity contribution >= 4 is 11.6 Å². The Hall–Kier alpha value is -2.02. The van der Waals surface area contributed by atoms with Crippen molar-refractivity contribution in [2.24, 2.45) is 0 Å². The van der Waals surface area contributed by atoms with E-state index in [4.69, 9.17) is 26.7 Å². The fourth-order valence-electron chi connectivity index (χ4n) is 1.68. The third-order valence-electron chi connectivity index (χ3n) is 2.74. The average Bonchev–Trinajstić information content (AvgIpc) is 2.43. The van der Waals surface area contributed by atoms with E-state index in [1.54, 1.807) is 30.3 Å². The third-order valence-corrected chi connectivity index (χ3v) is 3.16. The smallest absolute Gasteiger partial charge is 0.128 e. The zero-order valence-electron chi connectivity index (χ0n) is 10.4. The molecule has 1 N–H and O–H groups in total. The van der Waals surface area contributed by atoms with Gasteiger partial charge in [0.1, 0.15) is 11.5 Å². The summed E-state index contributed by atoms with van der Waals surface area (Å²) in [4.78, 5) is 0. The minimum Gasteiger partial charge on any atom is -0.457 e. The molecule has 2 aromatic carbocycles. The molecule has 2 aromatic rings. The van der Waals surface area contributed by atoms with Gasteiger partial charge in [0.2, 0.25) is 0 Å². The number of aliphatic hydroxyl groups is 1.